The lowest BCUT2D eigenvalue weighted by molar-refractivity contribution is -0.139. The van der Waals surface area contributed by atoms with Crippen LogP contribution in [0.4, 0.5) is 5.69 Å². The van der Waals surface area contributed by atoms with Crippen LogP contribution in [-0.4, -0.2) is 30.4 Å². The first-order valence-corrected chi connectivity index (χ1v) is 5.82. The van der Waals surface area contributed by atoms with E-state index in [9.17, 15) is 9.59 Å². The summed E-state index contributed by atoms with van der Waals surface area (Å²) in [4.78, 5) is 21.5. The molecule has 0 bridgehead atoms. The van der Waals surface area contributed by atoms with Gasteiger partial charge in [0, 0.05) is 17.8 Å². The van der Waals surface area contributed by atoms with Crippen LogP contribution in [0.1, 0.15) is 10.4 Å². The summed E-state index contributed by atoms with van der Waals surface area (Å²) in [7, 11) is 1.33. The molecule has 0 saturated carbocycles. The van der Waals surface area contributed by atoms with Crippen molar-refractivity contribution in [3.63, 3.8) is 0 Å². The number of amides is 1. The molecule has 3 N–H and O–H groups in total. The van der Waals surface area contributed by atoms with Crippen LogP contribution >= 0.6 is 15.9 Å². The van der Waals surface area contributed by atoms with E-state index in [2.05, 4.69) is 26.0 Å². The molecule has 1 aromatic carbocycles. The van der Waals surface area contributed by atoms with Crippen molar-refractivity contribution < 1.29 is 14.3 Å². The van der Waals surface area contributed by atoms with E-state index in [0.29, 0.717) is 12.1 Å². The van der Waals surface area contributed by atoms with Crippen molar-refractivity contribution in [2.45, 2.75) is 4.83 Å². The number of anilines is 1. The Hall–Kier alpha value is -1.56. The number of methoxy groups -OCH3 is 1. The number of nitrogens with two attached hydrogens (primary N) is 1. The summed E-state index contributed by atoms with van der Waals surface area (Å²) in [5, 5.41) is 3.03. The van der Waals surface area contributed by atoms with Gasteiger partial charge in [-0.15, -0.1) is 0 Å². The van der Waals surface area contributed by atoms with Gasteiger partial charge < -0.3 is 15.8 Å². The zero-order valence-corrected chi connectivity index (χ0v) is 10.9. The van der Waals surface area contributed by atoms with Crippen molar-refractivity contribution in [2.75, 3.05) is 19.0 Å². The maximum Gasteiger partial charge on any atom is 0.321 e. The van der Waals surface area contributed by atoms with E-state index in [4.69, 9.17) is 5.73 Å². The van der Waals surface area contributed by atoms with Gasteiger partial charge in [0.2, 0.25) is 5.91 Å². The molecule has 1 rings (SSSR count). The van der Waals surface area contributed by atoms with Crippen LogP contribution in [-0.2, 0) is 9.53 Å². The van der Waals surface area contributed by atoms with E-state index in [1.165, 1.54) is 7.11 Å². The van der Waals surface area contributed by atoms with Gasteiger partial charge in [0.1, 0.15) is 4.83 Å². The Bertz CT molecular complexity index is 406. The third-order valence-electron chi connectivity index (χ3n) is 2.11. The molecule has 0 aliphatic rings. The van der Waals surface area contributed by atoms with Crippen LogP contribution in [0, 0.1) is 0 Å². The van der Waals surface area contributed by atoms with Crippen LogP contribution < -0.4 is 11.1 Å². The summed E-state index contributed by atoms with van der Waals surface area (Å²) in [6, 6.07) is 6.67. The minimum atomic E-state index is -0.468. The Kier molecular flexibility index (Phi) is 4.96. The standard InChI is InChI=1S/C11H13BrN2O3/c1-17-11(16)9(12)6-14-8-4-2-7(3-5-8)10(13)15/h2-5,9,14H,6H2,1H3,(H2,13,15). The maximum absolute atomic E-state index is 11.1. The first-order chi connectivity index (χ1) is 8.04. The van der Waals surface area contributed by atoms with E-state index in [-0.39, 0.29) is 5.97 Å². The van der Waals surface area contributed by atoms with Gasteiger partial charge in [-0.05, 0) is 24.3 Å². The van der Waals surface area contributed by atoms with Crippen LogP contribution in [0.5, 0.6) is 0 Å². The molecular weight excluding hydrogens is 288 g/mol. The molecule has 0 heterocycles. The number of halogens is 1. The quantitative estimate of drug-likeness (QED) is 0.631. The van der Waals surface area contributed by atoms with Crippen molar-refractivity contribution in [2.24, 2.45) is 5.73 Å². The molecule has 0 radical (unpaired) electrons. The number of rotatable bonds is 5. The van der Waals surface area contributed by atoms with Crippen molar-refractivity contribution in [3.05, 3.63) is 29.8 Å². The average molecular weight is 301 g/mol. The van der Waals surface area contributed by atoms with Gasteiger partial charge in [-0.3, -0.25) is 9.59 Å². The number of ether oxygens (including phenoxy) is 1. The zero-order valence-electron chi connectivity index (χ0n) is 9.27. The molecule has 6 heteroatoms. The Morgan fingerprint density at radius 1 is 1.41 bits per heavy atom. The second kappa shape index (κ2) is 6.24. The van der Waals surface area contributed by atoms with E-state index in [0.717, 1.165) is 5.69 Å². The highest BCUT2D eigenvalue weighted by molar-refractivity contribution is 9.10. The minimum Gasteiger partial charge on any atom is -0.468 e. The van der Waals surface area contributed by atoms with Crippen LogP contribution in [0.15, 0.2) is 24.3 Å². The fourth-order valence-corrected chi connectivity index (χ4v) is 1.52. The summed E-state index contributed by atoms with van der Waals surface area (Å²) in [5.41, 5.74) is 6.35. The predicted molar refractivity (Wildman–Crippen MR) is 68.2 cm³/mol. The summed E-state index contributed by atoms with van der Waals surface area (Å²) >= 11 is 3.19. The van der Waals surface area contributed by atoms with E-state index < -0.39 is 10.7 Å². The van der Waals surface area contributed by atoms with E-state index >= 15 is 0 Å². The van der Waals surface area contributed by atoms with Gasteiger partial charge in [-0.2, -0.15) is 0 Å². The highest BCUT2D eigenvalue weighted by atomic mass is 79.9. The molecule has 0 spiro atoms. The molecule has 92 valence electrons. The number of esters is 1. The van der Waals surface area contributed by atoms with Gasteiger partial charge in [-0.1, -0.05) is 15.9 Å². The number of benzene rings is 1. The van der Waals surface area contributed by atoms with Crippen LogP contribution in [0.3, 0.4) is 0 Å². The lowest BCUT2D eigenvalue weighted by Crippen LogP contribution is -2.24. The normalized spacial score (nSPS) is 11.6. The van der Waals surface area contributed by atoms with Crippen LogP contribution in [0.2, 0.25) is 0 Å². The van der Waals surface area contributed by atoms with Gasteiger partial charge in [-0.25, -0.2) is 0 Å². The topological polar surface area (TPSA) is 81.4 Å². The zero-order chi connectivity index (χ0) is 12.8. The Morgan fingerprint density at radius 3 is 2.47 bits per heavy atom. The molecule has 1 atom stereocenters. The fourth-order valence-electron chi connectivity index (χ4n) is 1.17. The van der Waals surface area contributed by atoms with Gasteiger partial charge in [0.15, 0.2) is 0 Å². The first-order valence-electron chi connectivity index (χ1n) is 4.90. The molecule has 0 fully saturated rings. The van der Waals surface area contributed by atoms with Crippen molar-refractivity contribution in [3.8, 4) is 0 Å². The Labute approximate surface area is 107 Å². The number of hydrogen-bond acceptors (Lipinski definition) is 4. The predicted octanol–water partition coefficient (Wildman–Crippen LogP) is 1.13. The summed E-state index contributed by atoms with van der Waals surface area (Å²) in [6.07, 6.45) is 0. The third kappa shape index (κ3) is 4.07. The third-order valence-corrected chi connectivity index (χ3v) is 2.81. The Morgan fingerprint density at radius 2 is 2.00 bits per heavy atom. The van der Waals surface area contributed by atoms with Gasteiger partial charge in [0.25, 0.3) is 0 Å². The van der Waals surface area contributed by atoms with E-state index in [1.807, 2.05) is 0 Å². The molecule has 1 amide bonds. The number of primary amides is 1. The monoisotopic (exact) mass is 300 g/mol. The molecular formula is C11H13BrN2O3. The largest absolute Gasteiger partial charge is 0.468 e. The molecule has 0 saturated heterocycles. The SMILES string of the molecule is COC(=O)C(Br)CNc1ccc(C(N)=O)cc1. The molecule has 17 heavy (non-hydrogen) atoms. The van der Waals surface area contributed by atoms with Gasteiger partial charge in [0.05, 0.1) is 7.11 Å². The van der Waals surface area contributed by atoms with Crippen LogP contribution in [0.25, 0.3) is 0 Å². The Balaban J connectivity index is 2.53. The minimum absolute atomic E-state index is 0.341. The summed E-state index contributed by atoms with van der Waals surface area (Å²) in [5.74, 6) is -0.810. The number of nitrogens with one attached hydrogen (secondary N) is 1. The van der Waals surface area contributed by atoms with Crippen molar-refractivity contribution in [1.29, 1.82) is 0 Å². The number of carbonyl (C=O) groups is 2. The first kappa shape index (κ1) is 13.5. The lowest BCUT2D eigenvalue weighted by Gasteiger charge is -2.10. The molecule has 0 aliphatic heterocycles. The second-order valence-corrected chi connectivity index (χ2v) is 4.42. The second-order valence-electron chi connectivity index (χ2n) is 3.31. The summed E-state index contributed by atoms with van der Waals surface area (Å²) < 4.78 is 4.56. The molecule has 1 unspecified atom stereocenters. The average Bonchev–Trinajstić information content (AvgIpc) is 2.35. The number of alkyl halides is 1. The van der Waals surface area contributed by atoms with Gasteiger partial charge >= 0.3 is 5.97 Å². The van der Waals surface area contributed by atoms with Crippen molar-refractivity contribution in [1.82, 2.24) is 0 Å². The summed E-state index contributed by atoms with van der Waals surface area (Å²) in [6.45, 7) is 0.391. The van der Waals surface area contributed by atoms with E-state index in [1.54, 1.807) is 24.3 Å². The molecule has 5 nitrogen and oxygen atoms in total. The van der Waals surface area contributed by atoms with Crippen molar-refractivity contribution >= 4 is 33.5 Å². The smallest absolute Gasteiger partial charge is 0.321 e. The lowest BCUT2D eigenvalue weighted by atomic mass is 10.2. The molecule has 1 aromatic rings. The molecule has 0 aromatic heterocycles. The number of carbonyl (C=O) groups excluding carboxylic acids is 2. The molecule has 0 aliphatic carbocycles. The highest BCUT2D eigenvalue weighted by Crippen LogP contribution is 2.10. The fraction of sp³-hybridized carbons (Fsp3) is 0.273. The number of hydrogen-bond donors (Lipinski definition) is 2. The maximum atomic E-state index is 11.1. The highest BCUT2D eigenvalue weighted by Gasteiger charge is 2.14.